The zero-order chi connectivity index (χ0) is 26.9. The van der Waals surface area contributed by atoms with Gasteiger partial charge in [0.2, 0.25) is 5.91 Å². The lowest BCUT2D eigenvalue weighted by Gasteiger charge is -2.25. The molecule has 0 radical (unpaired) electrons. The average molecular weight is 534 g/mol. The summed E-state index contributed by atoms with van der Waals surface area (Å²) in [5.41, 5.74) is 0.432. The fourth-order valence-electron chi connectivity index (χ4n) is 4.14. The zero-order valence-corrected chi connectivity index (χ0v) is 22.1. The molecule has 0 aliphatic carbocycles. The first-order valence-electron chi connectivity index (χ1n) is 12.3. The molecule has 10 heteroatoms. The summed E-state index contributed by atoms with van der Waals surface area (Å²) in [5, 5.41) is 6.22. The van der Waals surface area contributed by atoms with Crippen molar-refractivity contribution in [3.63, 3.8) is 0 Å². The van der Waals surface area contributed by atoms with Crippen LogP contribution in [0.25, 0.3) is 0 Å². The summed E-state index contributed by atoms with van der Waals surface area (Å²) in [5.74, 6) is -1.14. The maximum atomic E-state index is 14.2. The quantitative estimate of drug-likeness (QED) is 0.617. The predicted molar refractivity (Wildman–Crippen MR) is 139 cm³/mol. The Balaban J connectivity index is 1.83. The first-order chi connectivity index (χ1) is 17.7. The molecule has 1 aliphatic rings. The van der Waals surface area contributed by atoms with Crippen molar-refractivity contribution in [2.75, 3.05) is 33.4 Å². The Kier molecular flexibility index (Phi) is 10.1. The van der Waals surface area contributed by atoms with E-state index in [2.05, 4.69) is 10.6 Å². The molecule has 0 saturated carbocycles. The Labute approximate surface area is 221 Å². The summed E-state index contributed by atoms with van der Waals surface area (Å²) in [4.78, 5) is 40.5. The third kappa shape index (κ3) is 8.08. The van der Waals surface area contributed by atoms with Gasteiger partial charge in [-0.25, -0.2) is 4.39 Å². The van der Waals surface area contributed by atoms with Crippen LogP contribution in [-0.4, -0.2) is 62.0 Å². The molecule has 2 aromatic carbocycles. The lowest BCUT2D eigenvalue weighted by molar-refractivity contribution is -0.122. The van der Waals surface area contributed by atoms with Crippen molar-refractivity contribution < 1.29 is 28.2 Å². The molecule has 2 aromatic rings. The summed E-state index contributed by atoms with van der Waals surface area (Å²) in [6.07, 6.45) is 1.70. The van der Waals surface area contributed by atoms with E-state index < -0.39 is 11.7 Å². The number of rotatable bonds is 4. The standard InChI is InChI=1S/C27H33ClFN3O5/c1-17(2)12-20-16-37-23-9-7-19(28)14-21(23)26(34)30-10-4-5-11-32(15-25(33)31-20)27(35)18-6-8-24(36-3)22(29)13-18/h6-9,13-14,17,20H,4-5,10-12,15-16H2,1-3H3,(H,30,34)(H,31,33)/t20-/m0/s1. The number of nitrogens with zero attached hydrogens (tertiary/aromatic N) is 1. The number of fused-ring (bicyclic) bond motifs is 1. The minimum atomic E-state index is -0.660. The Morgan fingerprint density at radius 3 is 2.70 bits per heavy atom. The first kappa shape index (κ1) is 28.2. The van der Waals surface area contributed by atoms with Crippen LogP contribution in [0.2, 0.25) is 5.02 Å². The predicted octanol–water partition coefficient (Wildman–Crippen LogP) is 4.06. The van der Waals surface area contributed by atoms with E-state index in [1.807, 2.05) is 13.8 Å². The number of carbonyl (C=O) groups excluding carboxylic acids is 3. The minimum Gasteiger partial charge on any atom is -0.494 e. The van der Waals surface area contributed by atoms with Crippen molar-refractivity contribution in [2.45, 2.75) is 39.2 Å². The van der Waals surface area contributed by atoms with Crippen LogP contribution >= 0.6 is 11.6 Å². The number of hydrogen-bond donors (Lipinski definition) is 2. The highest BCUT2D eigenvalue weighted by atomic mass is 35.5. The largest absolute Gasteiger partial charge is 0.494 e. The highest BCUT2D eigenvalue weighted by Crippen LogP contribution is 2.24. The molecule has 1 atom stereocenters. The molecule has 0 aromatic heterocycles. The normalized spacial score (nSPS) is 17.6. The number of amides is 3. The summed E-state index contributed by atoms with van der Waals surface area (Å²) >= 11 is 6.12. The van der Waals surface area contributed by atoms with Gasteiger partial charge < -0.3 is 25.0 Å². The molecule has 1 heterocycles. The topological polar surface area (TPSA) is 97.0 Å². The molecular weight excluding hydrogens is 501 g/mol. The van der Waals surface area contributed by atoms with E-state index in [0.29, 0.717) is 42.1 Å². The van der Waals surface area contributed by atoms with Crippen LogP contribution in [0, 0.1) is 11.7 Å². The highest BCUT2D eigenvalue weighted by Gasteiger charge is 2.23. The summed E-state index contributed by atoms with van der Waals surface area (Å²) in [7, 11) is 1.34. The SMILES string of the molecule is COc1ccc(C(=O)N2CCCCNC(=O)c3cc(Cl)ccc3OC[C@H](CC(C)C)NC(=O)C2)cc1F. The molecule has 0 bridgehead atoms. The fraction of sp³-hybridized carbons (Fsp3) is 0.444. The average Bonchev–Trinajstić information content (AvgIpc) is 2.85. The number of nitrogens with one attached hydrogen (secondary N) is 2. The Morgan fingerprint density at radius 2 is 2.00 bits per heavy atom. The number of halogens is 2. The summed E-state index contributed by atoms with van der Waals surface area (Å²) in [6.45, 7) is 4.59. The lowest BCUT2D eigenvalue weighted by Crippen LogP contribution is -2.46. The van der Waals surface area contributed by atoms with Crippen LogP contribution in [0.4, 0.5) is 4.39 Å². The molecule has 200 valence electrons. The fourth-order valence-corrected chi connectivity index (χ4v) is 4.31. The molecule has 0 spiro atoms. The smallest absolute Gasteiger partial charge is 0.255 e. The van der Waals surface area contributed by atoms with Gasteiger partial charge >= 0.3 is 0 Å². The summed E-state index contributed by atoms with van der Waals surface area (Å²) < 4.78 is 25.1. The van der Waals surface area contributed by atoms with Crippen LogP contribution in [0.1, 0.15) is 53.8 Å². The van der Waals surface area contributed by atoms with Crippen molar-refractivity contribution in [1.82, 2.24) is 15.5 Å². The Hall–Kier alpha value is -3.33. The molecule has 0 fully saturated rings. The van der Waals surface area contributed by atoms with Crippen LogP contribution in [-0.2, 0) is 4.79 Å². The number of ether oxygens (including phenoxy) is 2. The van der Waals surface area contributed by atoms with E-state index in [1.54, 1.807) is 18.2 Å². The second-order valence-electron chi connectivity index (χ2n) is 9.38. The van der Waals surface area contributed by atoms with E-state index in [-0.39, 0.29) is 54.8 Å². The van der Waals surface area contributed by atoms with Gasteiger partial charge in [-0.2, -0.15) is 0 Å². The van der Waals surface area contributed by atoms with E-state index >= 15 is 0 Å². The zero-order valence-electron chi connectivity index (χ0n) is 21.3. The second kappa shape index (κ2) is 13.3. The van der Waals surface area contributed by atoms with Gasteiger partial charge in [0, 0.05) is 23.7 Å². The molecule has 3 amide bonds. The molecular formula is C27H33ClFN3O5. The van der Waals surface area contributed by atoms with Crippen molar-refractivity contribution in [1.29, 1.82) is 0 Å². The van der Waals surface area contributed by atoms with Crippen LogP contribution in [0.15, 0.2) is 36.4 Å². The molecule has 8 nitrogen and oxygen atoms in total. The van der Waals surface area contributed by atoms with E-state index in [9.17, 15) is 18.8 Å². The van der Waals surface area contributed by atoms with Crippen LogP contribution < -0.4 is 20.1 Å². The van der Waals surface area contributed by atoms with E-state index in [0.717, 1.165) is 6.07 Å². The van der Waals surface area contributed by atoms with Crippen molar-refractivity contribution >= 4 is 29.3 Å². The molecule has 2 N–H and O–H groups in total. The number of hydrogen-bond acceptors (Lipinski definition) is 5. The lowest BCUT2D eigenvalue weighted by atomic mass is 10.0. The third-order valence-electron chi connectivity index (χ3n) is 5.91. The Bertz CT molecular complexity index is 1130. The van der Waals surface area contributed by atoms with E-state index in [1.165, 1.54) is 24.1 Å². The van der Waals surface area contributed by atoms with Crippen molar-refractivity contribution in [2.24, 2.45) is 5.92 Å². The van der Waals surface area contributed by atoms with Crippen molar-refractivity contribution in [3.05, 3.63) is 58.4 Å². The second-order valence-corrected chi connectivity index (χ2v) is 9.82. The van der Waals surface area contributed by atoms with Gasteiger partial charge in [0.05, 0.1) is 25.3 Å². The molecule has 3 rings (SSSR count). The van der Waals surface area contributed by atoms with Gasteiger partial charge in [-0.15, -0.1) is 0 Å². The molecule has 0 unspecified atom stereocenters. The summed E-state index contributed by atoms with van der Waals surface area (Å²) in [6, 6.07) is 8.42. The Morgan fingerprint density at radius 1 is 1.22 bits per heavy atom. The number of benzene rings is 2. The van der Waals surface area contributed by atoms with Gasteiger partial charge in [-0.05, 0) is 61.6 Å². The monoisotopic (exact) mass is 533 g/mol. The maximum Gasteiger partial charge on any atom is 0.255 e. The first-order valence-corrected chi connectivity index (χ1v) is 12.7. The third-order valence-corrected chi connectivity index (χ3v) is 6.14. The van der Waals surface area contributed by atoms with Gasteiger partial charge in [0.15, 0.2) is 11.6 Å². The highest BCUT2D eigenvalue weighted by molar-refractivity contribution is 6.31. The van der Waals surface area contributed by atoms with E-state index in [4.69, 9.17) is 21.1 Å². The van der Waals surface area contributed by atoms with Gasteiger partial charge in [-0.1, -0.05) is 25.4 Å². The number of methoxy groups -OCH3 is 1. The van der Waals surface area contributed by atoms with Gasteiger partial charge in [0.25, 0.3) is 11.8 Å². The van der Waals surface area contributed by atoms with Gasteiger partial charge in [-0.3, -0.25) is 14.4 Å². The van der Waals surface area contributed by atoms with Crippen LogP contribution in [0.3, 0.4) is 0 Å². The minimum absolute atomic E-state index is 0.0286. The molecule has 37 heavy (non-hydrogen) atoms. The van der Waals surface area contributed by atoms with Crippen molar-refractivity contribution in [3.8, 4) is 11.5 Å². The molecule has 1 aliphatic heterocycles. The van der Waals surface area contributed by atoms with Gasteiger partial charge in [0.1, 0.15) is 12.4 Å². The van der Waals surface area contributed by atoms with Crippen LogP contribution in [0.5, 0.6) is 11.5 Å². The maximum absolute atomic E-state index is 14.2. The molecule has 0 saturated heterocycles. The number of carbonyl (C=O) groups is 3.